The summed E-state index contributed by atoms with van der Waals surface area (Å²) in [6.45, 7) is 1.70. The second-order valence-corrected chi connectivity index (χ2v) is 5.64. The molecular weight excluding hydrogens is 362 g/mol. The van der Waals surface area contributed by atoms with E-state index in [0.29, 0.717) is 17.0 Å². The summed E-state index contributed by atoms with van der Waals surface area (Å²) >= 11 is 3.35. The highest BCUT2D eigenvalue weighted by atomic mass is 79.9. The van der Waals surface area contributed by atoms with E-state index >= 15 is 0 Å². The monoisotopic (exact) mass is 377 g/mol. The first kappa shape index (κ1) is 17.0. The van der Waals surface area contributed by atoms with Gasteiger partial charge in [-0.25, -0.2) is 4.79 Å². The molecule has 0 aliphatic rings. The van der Waals surface area contributed by atoms with E-state index in [1.165, 1.54) is 7.11 Å². The van der Waals surface area contributed by atoms with Crippen LogP contribution in [0.3, 0.4) is 0 Å². The molecule has 1 N–H and O–H groups in total. The summed E-state index contributed by atoms with van der Waals surface area (Å²) in [5.41, 5.74) is 1.76. The van der Waals surface area contributed by atoms with Crippen molar-refractivity contribution in [3.8, 4) is 5.75 Å². The second kappa shape index (κ2) is 7.78. The fourth-order valence-electron chi connectivity index (χ4n) is 1.89. The van der Waals surface area contributed by atoms with Crippen molar-refractivity contribution in [2.45, 2.75) is 6.92 Å². The SMILES string of the molecule is COC(=O)c1ccc(C)c(NC(=O)COc2ccccc2Br)c1. The molecule has 6 heteroatoms. The van der Waals surface area contributed by atoms with Gasteiger partial charge in [-0.1, -0.05) is 18.2 Å². The van der Waals surface area contributed by atoms with Crippen LogP contribution in [0.4, 0.5) is 5.69 Å². The maximum absolute atomic E-state index is 12.0. The summed E-state index contributed by atoms with van der Waals surface area (Å²) in [5.74, 6) is -0.182. The average Bonchev–Trinajstić information content (AvgIpc) is 2.55. The Kier molecular flexibility index (Phi) is 5.76. The van der Waals surface area contributed by atoms with Crippen molar-refractivity contribution in [3.05, 3.63) is 58.1 Å². The molecule has 0 fully saturated rings. The van der Waals surface area contributed by atoms with Crippen LogP contribution < -0.4 is 10.1 Å². The van der Waals surface area contributed by atoms with E-state index in [9.17, 15) is 9.59 Å². The van der Waals surface area contributed by atoms with E-state index < -0.39 is 5.97 Å². The zero-order chi connectivity index (χ0) is 16.8. The molecule has 0 unspecified atom stereocenters. The third-order valence-corrected chi connectivity index (χ3v) is 3.78. The average molecular weight is 378 g/mol. The normalized spacial score (nSPS) is 10.0. The predicted molar refractivity (Wildman–Crippen MR) is 90.8 cm³/mol. The number of hydrogen-bond donors (Lipinski definition) is 1. The molecule has 0 radical (unpaired) electrons. The Labute approximate surface area is 142 Å². The van der Waals surface area contributed by atoms with Crippen molar-refractivity contribution in [2.75, 3.05) is 19.0 Å². The van der Waals surface area contributed by atoms with Crippen LogP contribution in [0.5, 0.6) is 5.75 Å². The fourth-order valence-corrected chi connectivity index (χ4v) is 2.29. The van der Waals surface area contributed by atoms with Crippen LogP contribution >= 0.6 is 15.9 Å². The molecule has 1 amide bonds. The highest BCUT2D eigenvalue weighted by Gasteiger charge is 2.11. The molecule has 2 rings (SSSR count). The molecule has 0 saturated carbocycles. The van der Waals surface area contributed by atoms with Crippen molar-refractivity contribution in [1.29, 1.82) is 0 Å². The van der Waals surface area contributed by atoms with Gasteiger partial charge in [-0.2, -0.15) is 0 Å². The van der Waals surface area contributed by atoms with Gasteiger partial charge in [0.15, 0.2) is 6.61 Å². The summed E-state index contributed by atoms with van der Waals surface area (Å²) in [7, 11) is 1.31. The number of nitrogens with one attached hydrogen (secondary N) is 1. The van der Waals surface area contributed by atoms with Gasteiger partial charge in [0.1, 0.15) is 5.75 Å². The maximum atomic E-state index is 12.0. The molecule has 120 valence electrons. The smallest absolute Gasteiger partial charge is 0.337 e. The molecular formula is C17H16BrNO4. The van der Waals surface area contributed by atoms with Gasteiger partial charge >= 0.3 is 5.97 Å². The van der Waals surface area contributed by atoms with Crippen molar-refractivity contribution >= 4 is 33.5 Å². The lowest BCUT2D eigenvalue weighted by molar-refractivity contribution is -0.118. The minimum atomic E-state index is -0.454. The molecule has 0 aliphatic heterocycles. The Balaban J connectivity index is 2.02. The standard InChI is InChI=1S/C17H16BrNO4/c1-11-7-8-12(17(21)22-2)9-14(11)19-16(20)10-23-15-6-4-3-5-13(15)18/h3-9H,10H2,1-2H3,(H,19,20). The van der Waals surface area contributed by atoms with Crippen molar-refractivity contribution in [3.63, 3.8) is 0 Å². The summed E-state index contributed by atoms with van der Waals surface area (Å²) in [6, 6.07) is 12.3. The van der Waals surface area contributed by atoms with Gasteiger partial charge in [0.05, 0.1) is 17.1 Å². The Bertz CT molecular complexity index is 730. The number of rotatable bonds is 5. The Morgan fingerprint density at radius 1 is 1.17 bits per heavy atom. The van der Waals surface area contributed by atoms with E-state index in [1.807, 2.05) is 25.1 Å². The van der Waals surface area contributed by atoms with E-state index in [-0.39, 0.29) is 12.5 Å². The molecule has 5 nitrogen and oxygen atoms in total. The van der Waals surface area contributed by atoms with Gasteiger partial charge in [0.2, 0.25) is 0 Å². The summed E-state index contributed by atoms with van der Waals surface area (Å²) < 4.78 is 10.9. The molecule has 0 heterocycles. The minimum Gasteiger partial charge on any atom is -0.483 e. The number of aryl methyl sites for hydroxylation is 1. The summed E-state index contributed by atoms with van der Waals surface area (Å²) in [5, 5.41) is 2.73. The number of amides is 1. The molecule has 2 aromatic rings. The van der Waals surface area contributed by atoms with E-state index in [2.05, 4.69) is 26.0 Å². The number of halogens is 1. The predicted octanol–water partition coefficient (Wildman–Crippen LogP) is 3.56. The first-order chi connectivity index (χ1) is 11.0. The molecule has 0 saturated heterocycles. The number of anilines is 1. The number of para-hydroxylation sites is 1. The third kappa shape index (κ3) is 4.56. The van der Waals surface area contributed by atoms with Crippen LogP contribution in [0.25, 0.3) is 0 Å². The van der Waals surface area contributed by atoms with Gasteiger partial charge in [0, 0.05) is 5.69 Å². The Morgan fingerprint density at radius 2 is 1.91 bits per heavy atom. The van der Waals surface area contributed by atoms with E-state index in [4.69, 9.17) is 4.74 Å². The van der Waals surface area contributed by atoms with E-state index in [1.54, 1.807) is 24.3 Å². The molecule has 2 aromatic carbocycles. The Morgan fingerprint density at radius 3 is 2.61 bits per heavy atom. The van der Waals surface area contributed by atoms with Crippen molar-refractivity contribution in [1.82, 2.24) is 0 Å². The largest absolute Gasteiger partial charge is 0.483 e. The number of carbonyl (C=O) groups is 2. The van der Waals surface area contributed by atoms with Crippen LogP contribution in [-0.4, -0.2) is 25.6 Å². The summed E-state index contributed by atoms with van der Waals surface area (Å²) in [6.07, 6.45) is 0. The number of esters is 1. The third-order valence-electron chi connectivity index (χ3n) is 3.13. The number of carbonyl (C=O) groups excluding carboxylic acids is 2. The zero-order valence-corrected chi connectivity index (χ0v) is 14.3. The highest BCUT2D eigenvalue weighted by Crippen LogP contribution is 2.24. The van der Waals surface area contributed by atoms with Gasteiger partial charge in [-0.15, -0.1) is 0 Å². The number of benzene rings is 2. The number of methoxy groups -OCH3 is 1. The topological polar surface area (TPSA) is 64.6 Å². The molecule has 0 aliphatic carbocycles. The second-order valence-electron chi connectivity index (χ2n) is 4.79. The van der Waals surface area contributed by atoms with Crippen molar-refractivity contribution in [2.24, 2.45) is 0 Å². The molecule has 0 bridgehead atoms. The van der Waals surface area contributed by atoms with Crippen LogP contribution in [0, 0.1) is 6.92 Å². The lowest BCUT2D eigenvalue weighted by atomic mass is 10.1. The maximum Gasteiger partial charge on any atom is 0.337 e. The van der Waals surface area contributed by atoms with E-state index in [0.717, 1.165) is 10.0 Å². The zero-order valence-electron chi connectivity index (χ0n) is 12.8. The van der Waals surface area contributed by atoms with Gasteiger partial charge in [-0.3, -0.25) is 4.79 Å². The summed E-state index contributed by atoms with van der Waals surface area (Å²) in [4.78, 5) is 23.6. The number of hydrogen-bond acceptors (Lipinski definition) is 4. The molecule has 0 atom stereocenters. The first-order valence-corrected chi connectivity index (χ1v) is 7.66. The number of ether oxygens (including phenoxy) is 2. The van der Waals surface area contributed by atoms with Crippen LogP contribution in [0.15, 0.2) is 46.9 Å². The van der Waals surface area contributed by atoms with Gasteiger partial charge in [-0.05, 0) is 52.7 Å². The van der Waals surface area contributed by atoms with Crippen molar-refractivity contribution < 1.29 is 19.1 Å². The highest BCUT2D eigenvalue weighted by molar-refractivity contribution is 9.10. The van der Waals surface area contributed by atoms with Crippen LogP contribution in [0.2, 0.25) is 0 Å². The fraction of sp³-hybridized carbons (Fsp3) is 0.176. The molecule has 0 aromatic heterocycles. The molecule has 23 heavy (non-hydrogen) atoms. The first-order valence-electron chi connectivity index (χ1n) is 6.87. The van der Waals surface area contributed by atoms with Crippen LogP contribution in [0.1, 0.15) is 15.9 Å². The quantitative estimate of drug-likeness (QED) is 0.809. The lowest BCUT2D eigenvalue weighted by Crippen LogP contribution is -2.21. The molecule has 0 spiro atoms. The minimum absolute atomic E-state index is 0.134. The van der Waals surface area contributed by atoms with Gasteiger partial charge in [0.25, 0.3) is 5.91 Å². The van der Waals surface area contributed by atoms with Crippen LogP contribution in [-0.2, 0) is 9.53 Å². The van der Waals surface area contributed by atoms with Gasteiger partial charge < -0.3 is 14.8 Å². The Hall–Kier alpha value is -2.34. The lowest BCUT2D eigenvalue weighted by Gasteiger charge is -2.11.